The summed E-state index contributed by atoms with van der Waals surface area (Å²) >= 11 is 0. The van der Waals surface area contributed by atoms with Gasteiger partial charge in [-0.1, -0.05) is 12.1 Å². The van der Waals surface area contributed by atoms with E-state index in [-0.39, 0.29) is 18.4 Å². The number of carbonyl (C=O) groups excluding carboxylic acids is 3. The van der Waals surface area contributed by atoms with Crippen LogP contribution in [0, 0.1) is 0 Å². The highest BCUT2D eigenvalue weighted by atomic mass is 16.2. The molecule has 0 spiro atoms. The summed E-state index contributed by atoms with van der Waals surface area (Å²) in [4.78, 5) is 38.2. The van der Waals surface area contributed by atoms with Crippen molar-refractivity contribution in [2.45, 2.75) is 25.9 Å². The number of nitrogens with zero attached hydrogens (tertiary/aromatic N) is 2. The number of amides is 3. The summed E-state index contributed by atoms with van der Waals surface area (Å²) in [5.41, 5.74) is 5.79. The molecule has 0 aliphatic carbocycles. The zero-order chi connectivity index (χ0) is 18.2. The maximum Gasteiger partial charge on any atom is 0.293 e. The molecule has 0 bridgehead atoms. The first-order chi connectivity index (χ1) is 11.8. The zero-order valence-corrected chi connectivity index (χ0v) is 14.0. The number of carbonyl (C=O) groups is 3. The van der Waals surface area contributed by atoms with Crippen LogP contribution in [0.1, 0.15) is 24.2 Å². The number of nitrogens with two attached hydrogens (primary N) is 1. The third kappa shape index (κ3) is 2.96. The molecule has 0 unspecified atom stereocenters. The fourth-order valence-corrected chi connectivity index (χ4v) is 2.89. The van der Waals surface area contributed by atoms with Crippen molar-refractivity contribution in [1.82, 2.24) is 0 Å². The lowest BCUT2D eigenvalue weighted by molar-refractivity contribution is -0.684. The first-order valence-electron chi connectivity index (χ1n) is 7.83. The highest BCUT2D eigenvalue weighted by molar-refractivity contribution is 6.13. The Morgan fingerprint density at radius 3 is 2.64 bits per heavy atom. The van der Waals surface area contributed by atoms with E-state index in [4.69, 9.17) is 5.73 Å². The molecule has 3 rings (SSSR count). The van der Waals surface area contributed by atoms with Gasteiger partial charge in [-0.15, -0.1) is 0 Å². The Balaban J connectivity index is 1.96. The average Bonchev–Trinajstić information content (AvgIpc) is 2.55. The third-order valence-corrected chi connectivity index (χ3v) is 4.22. The van der Waals surface area contributed by atoms with Crippen LogP contribution in [0.5, 0.6) is 0 Å². The number of anilines is 2. The summed E-state index contributed by atoms with van der Waals surface area (Å²) in [5, 5.41) is 2.82. The zero-order valence-electron chi connectivity index (χ0n) is 14.0. The second-order valence-corrected chi connectivity index (χ2v) is 6.39. The first kappa shape index (κ1) is 16.6. The number of aromatic nitrogens is 1. The summed E-state index contributed by atoms with van der Waals surface area (Å²) < 4.78 is 1.58. The van der Waals surface area contributed by atoms with Gasteiger partial charge in [-0.25, -0.2) is 0 Å². The second kappa shape index (κ2) is 6.01. The van der Waals surface area contributed by atoms with Gasteiger partial charge in [-0.2, -0.15) is 4.57 Å². The van der Waals surface area contributed by atoms with E-state index in [9.17, 15) is 14.4 Å². The minimum Gasteiger partial charge on any atom is -0.365 e. The van der Waals surface area contributed by atoms with Gasteiger partial charge in [0.2, 0.25) is 12.5 Å². The Morgan fingerprint density at radius 2 is 1.92 bits per heavy atom. The number of pyridine rings is 1. The average molecular weight is 339 g/mol. The molecule has 3 N–H and O–H groups in total. The number of hydrogen-bond donors (Lipinski definition) is 2. The van der Waals surface area contributed by atoms with Gasteiger partial charge < -0.3 is 11.1 Å². The molecule has 0 fully saturated rings. The maximum absolute atomic E-state index is 13.0. The molecule has 0 atom stereocenters. The van der Waals surface area contributed by atoms with Crippen LogP contribution in [-0.4, -0.2) is 23.3 Å². The molecule has 1 aliphatic heterocycles. The van der Waals surface area contributed by atoms with Gasteiger partial charge in [0.15, 0.2) is 12.4 Å². The Bertz CT molecular complexity index is 876. The highest BCUT2D eigenvalue weighted by Gasteiger charge is 2.44. The second-order valence-electron chi connectivity index (χ2n) is 6.39. The van der Waals surface area contributed by atoms with Gasteiger partial charge in [0.25, 0.3) is 11.8 Å². The van der Waals surface area contributed by atoms with E-state index in [1.54, 1.807) is 54.9 Å². The molecular weight excluding hydrogens is 320 g/mol. The van der Waals surface area contributed by atoms with E-state index in [0.717, 1.165) is 0 Å². The maximum atomic E-state index is 13.0. The van der Waals surface area contributed by atoms with Crippen LogP contribution in [-0.2, 0) is 16.1 Å². The molecular formula is C18H19N4O3+. The van der Waals surface area contributed by atoms with Gasteiger partial charge in [0.05, 0.1) is 11.4 Å². The molecule has 1 aromatic heterocycles. The standard InChI is InChI=1S/C18H18N4O3/c1-18(2)17(25)20-13-7-3-4-8-14(13)22(18)15(23)11-21-9-5-6-12(10-21)16(19)24/h3-10H,11H2,1-2H3,(H2-,19,20,24,25)/p+1. The molecule has 0 saturated heterocycles. The SMILES string of the molecule is CC1(C)C(=O)Nc2ccccc2N1C(=O)C[n+]1cccc(C(N)=O)c1. The normalized spacial score (nSPS) is 15.3. The van der Waals surface area contributed by atoms with Gasteiger partial charge in [0, 0.05) is 6.07 Å². The van der Waals surface area contributed by atoms with Gasteiger partial charge in [-0.05, 0) is 32.0 Å². The summed E-state index contributed by atoms with van der Waals surface area (Å²) in [6.07, 6.45) is 3.19. The van der Waals surface area contributed by atoms with Crippen LogP contribution in [0.3, 0.4) is 0 Å². The number of rotatable bonds is 3. The van der Waals surface area contributed by atoms with Gasteiger partial charge in [0.1, 0.15) is 11.1 Å². The lowest BCUT2D eigenvalue weighted by Crippen LogP contribution is -2.60. The van der Waals surface area contributed by atoms with Gasteiger partial charge in [-0.3, -0.25) is 19.3 Å². The summed E-state index contributed by atoms with van der Waals surface area (Å²) in [6, 6.07) is 10.4. The largest absolute Gasteiger partial charge is 0.365 e. The molecule has 128 valence electrons. The number of para-hydroxylation sites is 2. The fourth-order valence-electron chi connectivity index (χ4n) is 2.89. The van der Waals surface area contributed by atoms with Crippen molar-refractivity contribution in [3.8, 4) is 0 Å². The number of nitrogens with one attached hydrogen (secondary N) is 1. The van der Waals surface area contributed by atoms with Crippen LogP contribution in [0.25, 0.3) is 0 Å². The molecule has 2 aromatic rings. The van der Waals surface area contributed by atoms with Crippen LogP contribution in [0.2, 0.25) is 0 Å². The molecule has 7 nitrogen and oxygen atoms in total. The topological polar surface area (TPSA) is 96.4 Å². The Morgan fingerprint density at radius 1 is 1.20 bits per heavy atom. The molecule has 0 saturated carbocycles. The van der Waals surface area contributed by atoms with Crippen LogP contribution < -0.4 is 20.5 Å². The van der Waals surface area contributed by atoms with Crippen LogP contribution in [0.15, 0.2) is 48.8 Å². The molecule has 1 aromatic carbocycles. The Kier molecular flexibility index (Phi) is 4.00. The van der Waals surface area contributed by atoms with Crippen molar-refractivity contribution in [3.05, 3.63) is 54.4 Å². The van der Waals surface area contributed by atoms with E-state index >= 15 is 0 Å². The van der Waals surface area contributed by atoms with Crippen molar-refractivity contribution in [3.63, 3.8) is 0 Å². The Hall–Kier alpha value is -3.22. The number of fused-ring (bicyclic) bond motifs is 1. The van der Waals surface area contributed by atoms with Crippen molar-refractivity contribution in [2.75, 3.05) is 10.2 Å². The van der Waals surface area contributed by atoms with E-state index in [1.807, 2.05) is 6.07 Å². The predicted octanol–water partition coefficient (Wildman–Crippen LogP) is 0.837. The highest BCUT2D eigenvalue weighted by Crippen LogP contribution is 2.36. The molecule has 2 heterocycles. The van der Waals surface area contributed by atoms with E-state index in [2.05, 4.69) is 5.32 Å². The number of benzene rings is 1. The summed E-state index contributed by atoms with van der Waals surface area (Å²) in [7, 11) is 0. The predicted molar refractivity (Wildman–Crippen MR) is 91.8 cm³/mol. The third-order valence-electron chi connectivity index (χ3n) is 4.22. The monoisotopic (exact) mass is 339 g/mol. The summed E-state index contributed by atoms with van der Waals surface area (Å²) in [5.74, 6) is -1.08. The smallest absolute Gasteiger partial charge is 0.293 e. The lowest BCUT2D eigenvalue weighted by Gasteiger charge is -2.41. The lowest BCUT2D eigenvalue weighted by atomic mass is 9.96. The number of primary amides is 1. The van der Waals surface area contributed by atoms with Crippen LogP contribution in [0.4, 0.5) is 11.4 Å². The molecule has 7 heteroatoms. The summed E-state index contributed by atoms with van der Waals surface area (Å²) in [6.45, 7) is 3.37. The van der Waals surface area contributed by atoms with Crippen molar-refractivity contribution >= 4 is 29.1 Å². The van der Waals surface area contributed by atoms with E-state index < -0.39 is 11.4 Å². The van der Waals surface area contributed by atoms with E-state index in [1.165, 1.54) is 11.1 Å². The molecule has 25 heavy (non-hydrogen) atoms. The van der Waals surface area contributed by atoms with Crippen molar-refractivity contribution < 1.29 is 19.0 Å². The quantitative estimate of drug-likeness (QED) is 0.811. The minimum absolute atomic E-state index is 0.0217. The van der Waals surface area contributed by atoms with E-state index in [0.29, 0.717) is 16.9 Å². The fraction of sp³-hybridized carbons (Fsp3) is 0.222. The molecule has 3 amide bonds. The van der Waals surface area contributed by atoms with Crippen LogP contribution >= 0.6 is 0 Å². The molecule has 0 radical (unpaired) electrons. The van der Waals surface area contributed by atoms with Crippen molar-refractivity contribution in [2.24, 2.45) is 5.73 Å². The molecule has 1 aliphatic rings. The number of hydrogen-bond acceptors (Lipinski definition) is 3. The minimum atomic E-state index is -1.03. The van der Waals surface area contributed by atoms with Gasteiger partial charge >= 0.3 is 0 Å². The Labute approximate surface area is 145 Å². The van der Waals surface area contributed by atoms with Crippen molar-refractivity contribution in [1.29, 1.82) is 0 Å². The first-order valence-corrected chi connectivity index (χ1v) is 7.83.